The van der Waals surface area contributed by atoms with Crippen LogP contribution in [0.25, 0.3) is 11.1 Å². The van der Waals surface area contributed by atoms with Gasteiger partial charge < -0.3 is 24.4 Å². The van der Waals surface area contributed by atoms with E-state index in [1.165, 1.54) is 5.56 Å². The minimum absolute atomic E-state index is 0.157. The van der Waals surface area contributed by atoms with Gasteiger partial charge in [-0.05, 0) is 37.7 Å². The van der Waals surface area contributed by atoms with Gasteiger partial charge in [-0.25, -0.2) is 9.97 Å². The number of hydrogen-bond acceptors (Lipinski definition) is 8. The van der Waals surface area contributed by atoms with Crippen LogP contribution in [-0.2, 0) is 24.9 Å². The predicted octanol–water partition coefficient (Wildman–Crippen LogP) is 3.64. The van der Waals surface area contributed by atoms with Gasteiger partial charge in [-0.15, -0.1) is 0 Å². The van der Waals surface area contributed by atoms with E-state index in [0.29, 0.717) is 23.7 Å². The number of nitrogens with one attached hydrogen (secondary N) is 1. The number of anilines is 3. The number of amides is 1. The Morgan fingerprint density at radius 1 is 1.02 bits per heavy atom. The topological polar surface area (TPSA) is 95.8 Å². The second kappa shape index (κ2) is 10.3. The average Bonchev–Trinajstić information content (AvgIpc) is 3.53. The lowest BCUT2D eigenvalue weighted by Crippen LogP contribution is -2.57. The Kier molecular flexibility index (Phi) is 6.42. The Hall–Kier alpha value is -4.70. The molecule has 1 N–H and O–H groups in total. The monoisotopic (exact) mass is 563 g/mol. The minimum atomic E-state index is -0.684. The van der Waals surface area contributed by atoms with Crippen molar-refractivity contribution >= 4 is 29.0 Å². The number of carbonyl (C=O) groups is 2. The van der Waals surface area contributed by atoms with Crippen LogP contribution in [0.3, 0.4) is 0 Å². The molecule has 10 nitrogen and oxygen atoms in total. The molecule has 42 heavy (non-hydrogen) atoms. The molecule has 1 saturated heterocycles. The summed E-state index contributed by atoms with van der Waals surface area (Å²) in [6, 6.07) is 17.3. The maximum absolute atomic E-state index is 13.4. The number of rotatable bonds is 5. The van der Waals surface area contributed by atoms with Crippen LogP contribution < -0.4 is 19.9 Å². The van der Waals surface area contributed by atoms with Crippen LogP contribution in [0.1, 0.15) is 27.4 Å². The van der Waals surface area contributed by atoms with E-state index in [1.807, 2.05) is 61.7 Å². The number of hydrogen-bond donors (Lipinski definition) is 1. The zero-order valence-corrected chi connectivity index (χ0v) is 24.0. The average molecular weight is 564 g/mol. The summed E-state index contributed by atoms with van der Waals surface area (Å²) in [6.45, 7) is 6.56. The largest absolute Gasteiger partial charge is 0.489 e. The third-order valence-corrected chi connectivity index (χ3v) is 8.50. The van der Waals surface area contributed by atoms with Gasteiger partial charge in [0.05, 0.1) is 17.4 Å². The highest BCUT2D eigenvalue weighted by Gasteiger charge is 2.35. The molecule has 4 aromatic rings. The van der Waals surface area contributed by atoms with E-state index in [-0.39, 0.29) is 6.04 Å². The maximum atomic E-state index is 13.4. The van der Waals surface area contributed by atoms with Crippen LogP contribution in [-0.4, -0.2) is 70.5 Å². The van der Waals surface area contributed by atoms with Gasteiger partial charge in [0.25, 0.3) is 11.7 Å². The highest BCUT2D eigenvalue weighted by Crippen LogP contribution is 2.38. The predicted molar refractivity (Wildman–Crippen MR) is 161 cm³/mol. The van der Waals surface area contributed by atoms with Crippen molar-refractivity contribution in [2.75, 3.05) is 48.4 Å². The zero-order valence-electron chi connectivity index (χ0n) is 24.0. The summed E-state index contributed by atoms with van der Waals surface area (Å²) in [4.78, 5) is 42.9. The number of piperazine rings is 1. The second-order valence-corrected chi connectivity index (χ2v) is 11.4. The van der Waals surface area contributed by atoms with Crippen LogP contribution in [0.2, 0.25) is 0 Å². The van der Waals surface area contributed by atoms with Crippen LogP contribution in [0, 0.1) is 6.92 Å². The van der Waals surface area contributed by atoms with E-state index in [4.69, 9.17) is 9.72 Å². The quantitative estimate of drug-likeness (QED) is 0.291. The molecular formula is C32H33N7O3. The Labute approximate surface area is 244 Å². The molecule has 10 heteroatoms. The number of benzene rings is 2. The summed E-state index contributed by atoms with van der Waals surface area (Å²) in [7, 11) is 3.90. The van der Waals surface area contributed by atoms with Crippen molar-refractivity contribution in [2.45, 2.75) is 26.1 Å². The molecule has 1 amide bonds. The number of fused-ring (bicyclic) bond motifs is 4. The molecule has 2 aromatic carbocycles. The Morgan fingerprint density at radius 3 is 2.69 bits per heavy atom. The number of Topliss-reactive ketones (excluding diaryl/α,β-unsaturated/α-hetero) is 1. The molecule has 0 aliphatic carbocycles. The molecule has 5 heterocycles. The van der Waals surface area contributed by atoms with Crippen molar-refractivity contribution in [1.29, 1.82) is 0 Å². The van der Waals surface area contributed by atoms with Crippen LogP contribution in [0.15, 0.2) is 60.8 Å². The van der Waals surface area contributed by atoms with Crippen molar-refractivity contribution in [3.8, 4) is 16.9 Å². The Morgan fingerprint density at radius 2 is 1.86 bits per heavy atom. The SMILES string of the molecule is Cc1cc(-c2ccccc2)c(C(=O)C(=O)Nc2ccc3c(c2)OC[C@H]2CN(c4ncc5c(n4)CN(C)C5)CCN32)n1C. The smallest absolute Gasteiger partial charge is 0.298 e. The third-order valence-electron chi connectivity index (χ3n) is 8.50. The third kappa shape index (κ3) is 4.57. The van der Waals surface area contributed by atoms with Gasteiger partial charge in [0.2, 0.25) is 5.95 Å². The van der Waals surface area contributed by atoms with Crippen molar-refractivity contribution in [1.82, 2.24) is 19.4 Å². The summed E-state index contributed by atoms with van der Waals surface area (Å²) in [6.07, 6.45) is 1.96. The maximum Gasteiger partial charge on any atom is 0.298 e. The number of aryl methyl sites for hydroxylation is 1. The first-order chi connectivity index (χ1) is 20.4. The van der Waals surface area contributed by atoms with Gasteiger partial charge in [-0.2, -0.15) is 0 Å². The van der Waals surface area contributed by atoms with Crippen LogP contribution in [0.5, 0.6) is 5.75 Å². The van der Waals surface area contributed by atoms with E-state index < -0.39 is 11.7 Å². The van der Waals surface area contributed by atoms with Gasteiger partial charge >= 0.3 is 0 Å². The highest BCUT2D eigenvalue weighted by molar-refractivity contribution is 6.47. The molecule has 2 aromatic heterocycles. The van der Waals surface area contributed by atoms with E-state index in [2.05, 4.69) is 32.0 Å². The number of ketones is 1. The lowest BCUT2D eigenvalue weighted by molar-refractivity contribution is -0.112. The molecule has 214 valence electrons. The lowest BCUT2D eigenvalue weighted by atomic mass is 10.0. The molecule has 1 atom stereocenters. The number of carbonyl (C=O) groups excluding carboxylic acids is 2. The molecule has 0 spiro atoms. The standard InChI is InChI=1S/C32H33N7O3/c1-20-13-25(21-7-5-4-6-8-21)29(37(20)3)30(40)31(41)34-23-9-10-27-28(14-23)42-19-24-17-38(11-12-39(24)27)32-33-15-22-16-36(2)18-26(22)35-32/h4-10,13-15,24H,11-12,16-19H2,1-3H3,(H,34,41)/t24-/m1/s1. The van der Waals surface area contributed by atoms with Gasteiger partial charge in [-0.1, -0.05) is 30.3 Å². The molecule has 0 unspecified atom stereocenters. The number of ether oxygens (including phenoxy) is 1. The Balaban J connectivity index is 1.05. The van der Waals surface area contributed by atoms with E-state index >= 15 is 0 Å². The fourth-order valence-corrected chi connectivity index (χ4v) is 6.22. The lowest BCUT2D eigenvalue weighted by Gasteiger charge is -2.45. The first kappa shape index (κ1) is 26.2. The molecule has 3 aliphatic heterocycles. The van der Waals surface area contributed by atoms with Crippen LogP contribution in [0.4, 0.5) is 17.3 Å². The fraction of sp³-hybridized carbons (Fsp3) is 0.312. The number of aromatic nitrogens is 3. The van der Waals surface area contributed by atoms with Crippen molar-refractivity contribution in [3.05, 3.63) is 83.4 Å². The molecule has 0 bridgehead atoms. The minimum Gasteiger partial charge on any atom is -0.489 e. The summed E-state index contributed by atoms with van der Waals surface area (Å²) < 4.78 is 7.95. The highest BCUT2D eigenvalue weighted by atomic mass is 16.5. The molecule has 3 aliphatic rings. The molecule has 7 rings (SSSR count). The van der Waals surface area contributed by atoms with E-state index in [1.54, 1.807) is 17.7 Å². The van der Waals surface area contributed by atoms with Gasteiger partial charge in [0, 0.05) is 74.5 Å². The summed E-state index contributed by atoms with van der Waals surface area (Å²) in [5, 5.41) is 2.80. The van der Waals surface area contributed by atoms with Crippen LogP contribution >= 0.6 is 0 Å². The normalized spacial score (nSPS) is 17.7. The fourth-order valence-electron chi connectivity index (χ4n) is 6.22. The van der Waals surface area contributed by atoms with Gasteiger partial charge in [0.1, 0.15) is 18.1 Å². The van der Waals surface area contributed by atoms with E-state index in [0.717, 1.165) is 66.9 Å². The Bertz CT molecular complexity index is 1700. The second-order valence-electron chi connectivity index (χ2n) is 11.4. The van der Waals surface area contributed by atoms with Crippen molar-refractivity contribution < 1.29 is 14.3 Å². The first-order valence-electron chi connectivity index (χ1n) is 14.2. The van der Waals surface area contributed by atoms with Crippen molar-refractivity contribution in [3.63, 3.8) is 0 Å². The number of nitrogens with zero attached hydrogens (tertiary/aromatic N) is 6. The van der Waals surface area contributed by atoms with E-state index in [9.17, 15) is 9.59 Å². The van der Waals surface area contributed by atoms with Crippen molar-refractivity contribution in [2.24, 2.45) is 7.05 Å². The zero-order chi connectivity index (χ0) is 29.0. The summed E-state index contributed by atoms with van der Waals surface area (Å²) >= 11 is 0. The molecule has 1 fully saturated rings. The van der Waals surface area contributed by atoms with Gasteiger partial charge in [-0.3, -0.25) is 14.5 Å². The first-order valence-corrected chi connectivity index (χ1v) is 14.2. The summed E-state index contributed by atoms with van der Waals surface area (Å²) in [5.41, 5.74) is 6.72. The molecular weight excluding hydrogens is 530 g/mol. The summed E-state index contributed by atoms with van der Waals surface area (Å²) in [5.74, 6) is 0.207. The molecule has 0 radical (unpaired) electrons. The van der Waals surface area contributed by atoms with Gasteiger partial charge in [0.15, 0.2) is 0 Å². The molecule has 0 saturated carbocycles.